The second kappa shape index (κ2) is 8.39. The Morgan fingerprint density at radius 3 is 2.56 bits per heavy atom. The van der Waals surface area contributed by atoms with E-state index in [2.05, 4.69) is 26.2 Å². The number of aryl methyl sites for hydroxylation is 1. The molecule has 0 unspecified atom stereocenters. The molecule has 0 radical (unpaired) electrons. The average molecular weight is 429 g/mol. The number of aromatic nitrogens is 1. The molecule has 0 saturated carbocycles. The van der Waals surface area contributed by atoms with E-state index in [0.717, 1.165) is 26.6 Å². The molecule has 1 N–H and O–H groups in total. The molecule has 1 aromatic heterocycles. The molecule has 27 heavy (non-hydrogen) atoms. The van der Waals surface area contributed by atoms with E-state index in [9.17, 15) is 4.79 Å². The summed E-state index contributed by atoms with van der Waals surface area (Å²) < 4.78 is 11.7. The largest absolute Gasteiger partial charge is 0.514 e. The Labute approximate surface area is 166 Å². The van der Waals surface area contributed by atoms with Crippen LogP contribution < -0.4 is 10.1 Å². The van der Waals surface area contributed by atoms with E-state index < -0.39 is 6.16 Å². The van der Waals surface area contributed by atoms with Crippen molar-refractivity contribution < 1.29 is 14.3 Å². The molecule has 6 heteroatoms. The molecule has 5 nitrogen and oxygen atoms in total. The van der Waals surface area contributed by atoms with E-state index in [0.29, 0.717) is 18.0 Å². The van der Waals surface area contributed by atoms with Gasteiger partial charge in [0.15, 0.2) is 5.75 Å². The number of pyridine rings is 1. The zero-order valence-corrected chi connectivity index (χ0v) is 17.0. The summed E-state index contributed by atoms with van der Waals surface area (Å²) >= 11 is 3.44. The lowest BCUT2D eigenvalue weighted by Gasteiger charge is -2.17. The number of fused-ring (bicyclic) bond motifs is 1. The van der Waals surface area contributed by atoms with Crippen LogP contribution in [0.2, 0.25) is 0 Å². The van der Waals surface area contributed by atoms with Crippen molar-refractivity contribution in [1.29, 1.82) is 0 Å². The minimum atomic E-state index is -0.739. The summed E-state index contributed by atoms with van der Waals surface area (Å²) in [6.07, 6.45) is -0.998. The van der Waals surface area contributed by atoms with E-state index in [1.54, 1.807) is 13.8 Å². The first-order chi connectivity index (χ1) is 12.9. The predicted octanol–water partition coefficient (Wildman–Crippen LogP) is 5.84. The molecule has 2 aromatic carbocycles. The van der Waals surface area contributed by atoms with Gasteiger partial charge in [-0.1, -0.05) is 46.3 Å². The van der Waals surface area contributed by atoms with Crippen molar-refractivity contribution in [3.05, 3.63) is 64.3 Å². The lowest BCUT2D eigenvalue weighted by molar-refractivity contribution is 0.0728. The molecular weight excluding hydrogens is 408 g/mol. The normalized spacial score (nSPS) is 10.9. The molecule has 0 fully saturated rings. The van der Waals surface area contributed by atoms with Gasteiger partial charge in [0.05, 0.1) is 23.0 Å². The minimum Gasteiger partial charge on any atom is -0.431 e. The van der Waals surface area contributed by atoms with E-state index in [1.807, 2.05) is 55.5 Å². The molecule has 1 heterocycles. The minimum absolute atomic E-state index is 0.259. The van der Waals surface area contributed by atoms with Crippen LogP contribution in [0, 0.1) is 6.92 Å². The second-order valence-corrected chi connectivity index (χ2v) is 7.33. The van der Waals surface area contributed by atoms with Crippen LogP contribution in [0.25, 0.3) is 10.9 Å². The highest BCUT2D eigenvalue weighted by molar-refractivity contribution is 9.10. The second-order valence-electron chi connectivity index (χ2n) is 6.42. The first-order valence-corrected chi connectivity index (χ1v) is 9.49. The van der Waals surface area contributed by atoms with Gasteiger partial charge in [0, 0.05) is 16.4 Å². The van der Waals surface area contributed by atoms with E-state index in [-0.39, 0.29) is 6.10 Å². The third kappa shape index (κ3) is 4.77. The molecule has 0 aliphatic rings. The van der Waals surface area contributed by atoms with Crippen molar-refractivity contribution in [3.63, 3.8) is 0 Å². The zero-order valence-electron chi connectivity index (χ0n) is 15.5. The number of anilines is 1. The first kappa shape index (κ1) is 19.2. The van der Waals surface area contributed by atoms with Crippen LogP contribution in [0.5, 0.6) is 5.75 Å². The summed E-state index contributed by atoms with van der Waals surface area (Å²) in [5, 5.41) is 4.29. The van der Waals surface area contributed by atoms with Crippen molar-refractivity contribution in [3.8, 4) is 5.75 Å². The van der Waals surface area contributed by atoms with Crippen LogP contribution >= 0.6 is 15.9 Å². The quantitative estimate of drug-likeness (QED) is 0.517. The average Bonchev–Trinajstić information content (AvgIpc) is 2.62. The third-order valence-electron chi connectivity index (χ3n) is 3.92. The summed E-state index contributed by atoms with van der Waals surface area (Å²) in [5.41, 5.74) is 3.28. The third-order valence-corrected chi connectivity index (χ3v) is 4.45. The van der Waals surface area contributed by atoms with Crippen LogP contribution in [0.4, 0.5) is 10.5 Å². The molecule has 0 amide bonds. The zero-order chi connectivity index (χ0) is 19.4. The SMILES string of the molecule is Cc1nc2ccccc2c(NCc2ccc(Br)cc2)c1OC(=O)OC(C)C. The molecule has 0 spiro atoms. The maximum Gasteiger partial charge on any atom is 0.514 e. The molecule has 0 aliphatic carbocycles. The Bertz CT molecular complexity index is 956. The van der Waals surface area contributed by atoms with Gasteiger partial charge in [-0.2, -0.15) is 0 Å². The summed E-state index contributed by atoms with van der Waals surface area (Å²) in [7, 11) is 0. The van der Waals surface area contributed by atoms with E-state index in [1.165, 1.54) is 0 Å². The number of nitrogens with one attached hydrogen (secondary N) is 1. The van der Waals surface area contributed by atoms with Crippen LogP contribution in [-0.4, -0.2) is 17.2 Å². The van der Waals surface area contributed by atoms with E-state index >= 15 is 0 Å². The van der Waals surface area contributed by atoms with Crippen LogP contribution in [0.15, 0.2) is 53.0 Å². The summed E-state index contributed by atoms with van der Waals surface area (Å²) in [6, 6.07) is 15.8. The first-order valence-electron chi connectivity index (χ1n) is 8.70. The van der Waals surface area contributed by atoms with Crippen LogP contribution in [0.1, 0.15) is 25.1 Å². The topological polar surface area (TPSA) is 60.5 Å². The van der Waals surface area contributed by atoms with Crippen molar-refractivity contribution in [1.82, 2.24) is 4.98 Å². The number of nitrogens with zero attached hydrogens (tertiary/aromatic N) is 1. The Morgan fingerprint density at radius 2 is 1.85 bits per heavy atom. The maximum atomic E-state index is 12.1. The van der Waals surface area contributed by atoms with Gasteiger partial charge in [-0.15, -0.1) is 0 Å². The van der Waals surface area contributed by atoms with Gasteiger partial charge >= 0.3 is 6.16 Å². The van der Waals surface area contributed by atoms with Gasteiger partial charge in [0.2, 0.25) is 0 Å². The van der Waals surface area contributed by atoms with Crippen LogP contribution in [0.3, 0.4) is 0 Å². The monoisotopic (exact) mass is 428 g/mol. The van der Waals surface area contributed by atoms with E-state index in [4.69, 9.17) is 9.47 Å². The highest BCUT2D eigenvalue weighted by Crippen LogP contribution is 2.35. The molecular formula is C21H21BrN2O3. The van der Waals surface area contributed by atoms with Crippen LogP contribution in [-0.2, 0) is 11.3 Å². The van der Waals surface area contributed by atoms with Gasteiger partial charge in [0.25, 0.3) is 0 Å². The lowest BCUT2D eigenvalue weighted by Crippen LogP contribution is -2.17. The highest BCUT2D eigenvalue weighted by atomic mass is 79.9. The van der Waals surface area contributed by atoms with Gasteiger partial charge in [-0.05, 0) is 44.5 Å². The molecule has 0 saturated heterocycles. The standard InChI is InChI=1S/C21H21BrN2O3/c1-13(2)26-21(25)27-20-14(3)24-18-7-5-4-6-17(18)19(20)23-12-15-8-10-16(22)11-9-15/h4-11,13H,12H2,1-3H3,(H,23,24). The van der Waals surface area contributed by atoms with Crippen molar-refractivity contribution in [2.75, 3.05) is 5.32 Å². The number of halogens is 1. The Kier molecular flexibility index (Phi) is 5.96. The van der Waals surface area contributed by atoms with Crippen molar-refractivity contribution in [2.45, 2.75) is 33.4 Å². The number of rotatable bonds is 5. The Morgan fingerprint density at radius 1 is 1.15 bits per heavy atom. The Balaban J connectivity index is 1.97. The summed E-state index contributed by atoms with van der Waals surface area (Å²) in [5.74, 6) is 0.386. The molecule has 0 aliphatic heterocycles. The molecule has 3 aromatic rings. The molecule has 3 rings (SSSR count). The number of carbonyl (C=O) groups is 1. The van der Waals surface area contributed by atoms with Crippen molar-refractivity contribution in [2.24, 2.45) is 0 Å². The fraction of sp³-hybridized carbons (Fsp3) is 0.238. The fourth-order valence-corrected chi connectivity index (χ4v) is 2.97. The molecule has 0 atom stereocenters. The molecule has 140 valence electrons. The van der Waals surface area contributed by atoms with Gasteiger partial charge in [0.1, 0.15) is 0 Å². The fourth-order valence-electron chi connectivity index (χ4n) is 2.71. The smallest absolute Gasteiger partial charge is 0.431 e. The lowest BCUT2D eigenvalue weighted by atomic mass is 10.1. The number of hydrogen-bond donors (Lipinski definition) is 1. The number of carbonyl (C=O) groups excluding carboxylic acids is 1. The van der Waals surface area contributed by atoms with Gasteiger partial charge < -0.3 is 14.8 Å². The number of benzene rings is 2. The summed E-state index contributed by atoms with van der Waals surface area (Å²) in [4.78, 5) is 16.6. The van der Waals surface area contributed by atoms with Gasteiger partial charge in [-0.25, -0.2) is 9.78 Å². The van der Waals surface area contributed by atoms with Crippen molar-refractivity contribution >= 4 is 38.7 Å². The highest BCUT2D eigenvalue weighted by Gasteiger charge is 2.18. The number of ether oxygens (including phenoxy) is 2. The Hall–Kier alpha value is -2.60. The number of para-hydroxylation sites is 1. The maximum absolute atomic E-state index is 12.1. The number of hydrogen-bond acceptors (Lipinski definition) is 5. The predicted molar refractivity (Wildman–Crippen MR) is 110 cm³/mol. The van der Waals surface area contributed by atoms with Gasteiger partial charge in [-0.3, -0.25) is 0 Å². The summed E-state index contributed by atoms with van der Waals surface area (Å²) in [6.45, 7) is 5.95. The molecule has 0 bridgehead atoms.